The third kappa shape index (κ3) is 2.84. The average Bonchev–Trinajstić information content (AvgIpc) is 2.31. The largest absolute Gasteiger partial charge is 0.374 e. The standard InChI is InChI=1S/C11H16ClN3O/c1-15(8-9-7-13-5-6-16-9)11-10(12)3-2-4-14-11/h2-4,9,13H,5-8H2,1H3. The van der Waals surface area contributed by atoms with E-state index in [1.807, 2.05) is 24.1 Å². The smallest absolute Gasteiger partial charge is 0.147 e. The summed E-state index contributed by atoms with van der Waals surface area (Å²) in [6, 6.07) is 3.68. The van der Waals surface area contributed by atoms with E-state index in [1.165, 1.54) is 0 Å². The third-order valence-electron chi connectivity index (χ3n) is 2.58. The van der Waals surface area contributed by atoms with Gasteiger partial charge in [-0.2, -0.15) is 0 Å². The predicted octanol–water partition coefficient (Wildman–Crippen LogP) is 1.16. The molecule has 0 spiro atoms. The van der Waals surface area contributed by atoms with Gasteiger partial charge in [-0.05, 0) is 12.1 Å². The van der Waals surface area contributed by atoms with Crippen LogP contribution in [0.2, 0.25) is 5.02 Å². The molecule has 0 saturated carbocycles. The van der Waals surface area contributed by atoms with E-state index in [4.69, 9.17) is 16.3 Å². The van der Waals surface area contributed by atoms with Crippen molar-refractivity contribution in [2.75, 3.05) is 38.2 Å². The number of morpholine rings is 1. The van der Waals surface area contributed by atoms with Crippen LogP contribution < -0.4 is 10.2 Å². The summed E-state index contributed by atoms with van der Waals surface area (Å²) < 4.78 is 5.63. The van der Waals surface area contributed by atoms with Crippen LogP contribution in [0.15, 0.2) is 18.3 Å². The zero-order valence-electron chi connectivity index (χ0n) is 9.32. The number of hydrogen-bond donors (Lipinski definition) is 1. The number of rotatable bonds is 3. The molecule has 2 rings (SSSR count). The van der Waals surface area contributed by atoms with Crippen LogP contribution in [-0.4, -0.2) is 44.4 Å². The molecular weight excluding hydrogens is 226 g/mol. The van der Waals surface area contributed by atoms with Crippen molar-refractivity contribution >= 4 is 17.4 Å². The fourth-order valence-corrected chi connectivity index (χ4v) is 2.05. The molecule has 1 aromatic rings. The van der Waals surface area contributed by atoms with Crippen LogP contribution in [0.3, 0.4) is 0 Å². The Morgan fingerprint density at radius 2 is 2.56 bits per heavy atom. The Bertz CT molecular complexity index is 342. The minimum absolute atomic E-state index is 0.205. The fourth-order valence-electron chi connectivity index (χ4n) is 1.79. The highest BCUT2D eigenvalue weighted by atomic mass is 35.5. The van der Waals surface area contributed by atoms with Crippen molar-refractivity contribution in [2.24, 2.45) is 0 Å². The van der Waals surface area contributed by atoms with Crippen molar-refractivity contribution in [3.05, 3.63) is 23.4 Å². The lowest BCUT2D eigenvalue weighted by molar-refractivity contribution is 0.0339. The Morgan fingerprint density at radius 1 is 1.69 bits per heavy atom. The molecule has 16 heavy (non-hydrogen) atoms. The molecule has 1 unspecified atom stereocenters. The number of ether oxygens (including phenoxy) is 1. The Kier molecular flexibility index (Phi) is 3.98. The minimum atomic E-state index is 0.205. The average molecular weight is 242 g/mol. The maximum atomic E-state index is 6.08. The lowest BCUT2D eigenvalue weighted by Crippen LogP contribution is -2.44. The summed E-state index contributed by atoms with van der Waals surface area (Å²) in [7, 11) is 1.98. The van der Waals surface area contributed by atoms with Crippen LogP contribution >= 0.6 is 11.6 Å². The molecule has 1 atom stereocenters. The van der Waals surface area contributed by atoms with Gasteiger partial charge in [0, 0.05) is 32.9 Å². The molecule has 1 aliphatic rings. The first-order valence-corrected chi connectivity index (χ1v) is 5.79. The van der Waals surface area contributed by atoms with Gasteiger partial charge in [0.05, 0.1) is 17.7 Å². The molecule has 1 fully saturated rings. The van der Waals surface area contributed by atoms with Gasteiger partial charge in [-0.3, -0.25) is 0 Å². The monoisotopic (exact) mass is 241 g/mol. The molecule has 0 aliphatic carbocycles. The van der Waals surface area contributed by atoms with Gasteiger partial charge >= 0.3 is 0 Å². The second-order valence-corrected chi connectivity index (χ2v) is 4.29. The predicted molar refractivity (Wildman–Crippen MR) is 65.1 cm³/mol. The van der Waals surface area contributed by atoms with Crippen molar-refractivity contribution in [2.45, 2.75) is 6.10 Å². The van der Waals surface area contributed by atoms with Crippen molar-refractivity contribution < 1.29 is 4.74 Å². The van der Waals surface area contributed by atoms with Crippen molar-refractivity contribution in [3.8, 4) is 0 Å². The molecule has 1 aliphatic heterocycles. The van der Waals surface area contributed by atoms with Gasteiger partial charge in [0.25, 0.3) is 0 Å². The van der Waals surface area contributed by atoms with Crippen LogP contribution in [-0.2, 0) is 4.74 Å². The van der Waals surface area contributed by atoms with Crippen molar-refractivity contribution in [3.63, 3.8) is 0 Å². The van der Waals surface area contributed by atoms with Crippen LogP contribution in [0.1, 0.15) is 0 Å². The second kappa shape index (κ2) is 5.48. The summed E-state index contributed by atoms with van der Waals surface area (Å²) in [6.07, 6.45) is 1.95. The van der Waals surface area contributed by atoms with E-state index in [1.54, 1.807) is 6.20 Å². The quantitative estimate of drug-likeness (QED) is 0.862. The van der Waals surface area contributed by atoms with E-state index >= 15 is 0 Å². The molecular formula is C11H16ClN3O. The molecule has 0 aromatic carbocycles. The van der Waals surface area contributed by atoms with Gasteiger partial charge in [0.1, 0.15) is 5.82 Å². The number of nitrogens with one attached hydrogen (secondary N) is 1. The summed E-state index contributed by atoms with van der Waals surface area (Å²) in [5, 5.41) is 3.98. The van der Waals surface area contributed by atoms with E-state index < -0.39 is 0 Å². The molecule has 0 bridgehead atoms. The lowest BCUT2D eigenvalue weighted by atomic mass is 10.3. The van der Waals surface area contributed by atoms with E-state index in [2.05, 4.69) is 10.3 Å². The Morgan fingerprint density at radius 3 is 3.25 bits per heavy atom. The zero-order valence-corrected chi connectivity index (χ0v) is 10.1. The minimum Gasteiger partial charge on any atom is -0.374 e. The number of aromatic nitrogens is 1. The zero-order chi connectivity index (χ0) is 11.4. The first kappa shape index (κ1) is 11.6. The number of pyridine rings is 1. The van der Waals surface area contributed by atoms with E-state index in [0.717, 1.165) is 32.1 Å². The van der Waals surface area contributed by atoms with Gasteiger partial charge < -0.3 is 15.0 Å². The molecule has 1 aromatic heterocycles. The SMILES string of the molecule is CN(CC1CNCCO1)c1ncccc1Cl. The highest BCUT2D eigenvalue weighted by molar-refractivity contribution is 6.32. The van der Waals surface area contributed by atoms with Crippen LogP contribution in [0.4, 0.5) is 5.82 Å². The normalized spacial score (nSPS) is 20.8. The first-order chi connectivity index (χ1) is 7.77. The molecule has 0 amide bonds. The third-order valence-corrected chi connectivity index (χ3v) is 2.88. The maximum Gasteiger partial charge on any atom is 0.147 e. The maximum absolute atomic E-state index is 6.08. The summed E-state index contributed by atoms with van der Waals surface area (Å²) in [5.74, 6) is 0.804. The highest BCUT2D eigenvalue weighted by Crippen LogP contribution is 2.21. The van der Waals surface area contributed by atoms with Crippen molar-refractivity contribution in [1.82, 2.24) is 10.3 Å². The van der Waals surface area contributed by atoms with Crippen LogP contribution in [0.25, 0.3) is 0 Å². The topological polar surface area (TPSA) is 37.4 Å². The number of likely N-dealkylation sites (N-methyl/N-ethyl adjacent to an activating group) is 1. The molecule has 0 radical (unpaired) electrons. The summed E-state index contributed by atoms with van der Waals surface area (Å²) in [4.78, 5) is 6.29. The Balaban J connectivity index is 1.96. The van der Waals surface area contributed by atoms with E-state index in [-0.39, 0.29) is 6.10 Å². The number of nitrogens with zero attached hydrogens (tertiary/aromatic N) is 2. The lowest BCUT2D eigenvalue weighted by Gasteiger charge is -2.28. The number of halogens is 1. The van der Waals surface area contributed by atoms with E-state index in [9.17, 15) is 0 Å². The van der Waals surface area contributed by atoms with Gasteiger partial charge in [0.15, 0.2) is 0 Å². The fraction of sp³-hybridized carbons (Fsp3) is 0.545. The molecule has 2 heterocycles. The van der Waals surface area contributed by atoms with Crippen LogP contribution in [0, 0.1) is 0 Å². The molecule has 4 nitrogen and oxygen atoms in total. The molecule has 1 saturated heterocycles. The number of anilines is 1. The summed E-state index contributed by atoms with van der Waals surface area (Å²) in [5.41, 5.74) is 0. The van der Waals surface area contributed by atoms with Crippen molar-refractivity contribution in [1.29, 1.82) is 0 Å². The van der Waals surface area contributed by atoms with E-state index in [0.29, 0.717) is 5.02 Å². The first-order valence-electron chi connectivity index (χ1n) is 5.41. The van der Waals surface area contributed by atoms with Gasteiger partial charge in [-0.25, -0.2) is 4.98 Å². The second-order valence-electron chi connectivity index (χ2n) is 3.89. The molecule has 88 valence electrons. The van der Waals surface area contributed by atoms with Crippen LogP contribution in [0.5, 0.6) is 0 Å². The summed E-state index contributed by atoms with van der Waals surface area (Å²) >= 11 is 6.08. The van der Waals surface area contributed by atoms with Gasteiger partial charge in [-0.15, -0.1) is 0 Å². The molecule has 5 heteroatoms. The Labute approximate surface area is 101 Å². The van der Waals surface area contributed by atoms with Gasteiger partial charge in [-0.1, -0.05) is 11.6 Å². The molecule has 1 N–H and O–H groups in total. The Hall–Kier alpha value is -0.840. The number of hydrogen-bond acceptors (Lipinski definition) is 4. The summed E-state index contributed by atoms with van der Waals surface area (Å²) in [6.45, 7) is 3.39. The highest BCUT2D eigenvalue weighted by Gasteiger charge is 2.17. The van der Waals surface area contributed by atoms with Gasteiger partial charge in [0.2, 0.25) is 0 Å².